The van der Waals surface area contributed by atoms with Crippen LogP contribution < -0.4 is 10.9 Å². The molecule has 2 aromatic carbocycles. The second kappa shape index (κ2) is 7.72. The maximum atomic E-state index is 12.9. The summed E-state index contributed by atoms with van der Waals surface area (Å²) in [5, 5.41) is 4.45. The molecule has 3 heterocycles. The van der Waals surface area contributed by atoms with E-state index in [1.807, 2.05) is 24.4 Å². The van der Waals surface area contributed by atoms with Crippen LogP contribution in [0.1, 0.15) is 10.4 Å². The first-order valence-corrected chi connectivity index (χ1v) is 11.6. The van der Waals surface area contributed by atoms with Crippen molar-refractivity contribution in [2.45, 2.75) is 11.7 Å². The predicted octanol–water partition coefficient (Wildman–Crippen LogP) is 5.54. The second-order valence-electron chi connectivity index (χ2n) is 6.70. The van der Waals surface area contributed by atoms with E-state index in [0.717, 1.165) is 33.2 Å². The molecule has 5 rings (SSSR count). The summed E-state index contributed by atoms with van der Waals surface area (Å²) in [4.78, 5) is 30.1. The van der Waals surface area contributed by atoms with Crippen LogP contribution in [0.5, 0.6) is 0 Å². The van der Waals surface area contributed by atoms with Gasteiger partial charge in [-0.05, 0) is 40.2 Å². The summed E-state index contributed by atoms with van der Waals surface area (Å²) >= 11 is 8.50. The number of nitrogens with one attached hydrogen (secondary N) is 1. The van der Waals surface area contributed by atoms with Gasteiger partial charge in [0.25, 0.3) is 5.91 Å². The Balaban J connectivity index is 1.52. The smallest absolute Gasteiger partial charge is 0.349 e. The highest BCUT2D eigenvalue weighted by Gasteiger charge is 2.20. The van der Waals surface area contributed by atoms with Gasteiger partial charge in [0, 0.05) is 33.9 Å². The number of amides is 1. The molecule has 0 saturated carbocycles. The van der Waals surface area contributed by atoms with E-state index in [2.05, 4.69) is 46.7 Å². The molecule has 1 aliphatic rings. The van der Waals surface area contributed by atoms with Gasteiger partial charge in [-0.15, -0.1) is 0 Å². The van der Waals surface area contributed by atoms with Crippen LogP contribution in [0.3, 0.4) is 0 Å². The minimum Gasteiger partial charge on any atom is -0.421 e. The molecule has 9 heteroatoms. The number of rotatable bonds is 3. The van der Waals surface area contributed by atoms with Crippen molar-refractivity contribution in [1.82, 2.24) is 9.55 Å². The van der Waals surface area contributed by atoms with E-state index < -0.39 is 11.5 Å². The van der Waals surface area contributed by atoms with Gasteiger partial charge in [-0.1, -0.05) is 45.9 Å². The zero-order valence-corrected chi connectivity index (χ0v) is 19.3. The van der Waals surface area contributed by atoms with Gasteiger partial charge in [0.15, 0.2) is 10.7 Å². The summed E-state index contributed by atoms with van der Waals surface area (Å²) in [6.45, 7) is 0.921. The van der Waals surface area contributed by atoms with E-state index >= 15 is 0 Å². The van der Waals surface area contributed by atoms with E-state index in [0.29, 0.717) is 21.1 Å². The second-order valence-corrected chi connectivity index (χ2v) is 9.54. The molecule has 0 bridgehead atoms. The van der Waals surface area contributed by atoms with Gasteiger partial charge in [0.05, 0.1) is 15.9 Å². The van der Waals surface area contributed by atoms with Gasteiger partial charge in [0.1, 0.15) is 5.56 Å². The molecule has 1 aliphatic heterocycles. The van der Waals surface area contributed by atoms with Crippen LogP contribution in [-0.2, 0) is 6.54 Å². The Bertz CT molecular complexity index is 1360. The van der Waals surface area contributed by atoms with Crippen molar-refractivity contribution in [1.29, 1.82) is 0 Å². The minimum atomic E-state index is -0.696. The number of halogens is 2. The van der Waals surface area contributed by atoms with Crippen LogP contribution in [0, 0.1) is 0 Å². The molecule has 0 saturated heterocycles. The number of hydrogen-bond donors (Lipinski definition) is 1. The van der Waals surface area contributed by atoms with Crippen molar-refractivity contribution < 1.29 is 9.21 Å². The van der Waals surface area contributed by atoms with Crippen molar-refractivity contribution >= 4 is 66.2 Å². The number of imidazole rings is 1. The summed E-state index contributed by atoms with van der Waals surface area (Å²) in [7, 11) is 0. The predicted molar refractivity (Wildman–Crippen MR) is 124 cm³/mol. The number of benzene rings is 2. The molecular formula is C21H13Br2N3O3S. The first-order valence-electron chi connectivity index (χ1n) is 9.03. The van der Waals surface area contributed by atoms with Gasteiger partial charge in [-0.2, -0.15) is 0 Å². The highest BCUT2D eigenvalue weighted by Crippen LogP contribution is 2.33. The molecule has 0 atom stereocenters. The average molecular weight is 547 g/mol. The fraction of sp³-hybridized carbons (Fsp3) is 0.0952. The van der Waals surface area contributed by atoms with Crippen molar-refractivity contribution in [3.8, 4) is 11.3 Å². The van der Waals surface area contributed by atoms with Crippen LogP contribution in [-0.4, -0.2) is 21.2 Å². The number of anilines is 1. The maximum Gasteiger partial charge on any atom is 0.349 e. The maximum absolute atomic E-state index is 12.9. The first-order chi connectivity index (χ1) is 14.5. The molecular weight excluding hydrogens is 534 g/mol. The Morgan fingerprint density at radius 2 is 2.03 bits per heavy atom. The minimum absolute atomic E-state index is 0.0646. The van der Waals surface area contributed by atoms with E-state index in [1.54, 1.807) is 30.0 Å². The molecule has 2 aromatic heterocycles. The monoisotopic (exact) mass is 545 g/mol. The third kappa shape index (κ3) is 3.51. The van der Waals surface area contributed by atoms with Gasteiger partial charge in [0.2, 0.25) is 0 Å². The fourth-order valence-corrected chi connectivity index (χ4v) is 5.64. The number of para-hydroxylation sites is 1. The van der Waals surface area contributed by atoms with Crippen LogP contribution in [0.15, 0.2) is 72.0 Å². The molecule has 4 aromatic rings. The quantitative estimate of drug-likeness (QED) is 0.341. The molecule has 0 unspecified atom stereocenters. The normalized spacial score (nSPS) is 12.9. The van der Waals surface area contributed by atoms with Crippen LogP contribution >= 0.6 is 43.6 Å². The molecule has 1 amide bonds. The number of aromatic nitrogens is 2. The van der Waals surface area contributed by atoms with Gasteiger partial charge in [-0.3, -0.25) is 4.79 Å². The van der Waals surface area contributed by atoms with E-state index in [-0.39, 0.29) is 5.56 Å². The van der Waals surface area contributed by atoms with Crippen molar-refractivity contribution in [3.63, 3.8) is 0 Å². The molecule has 150 valence electrons. The topological polar surface area (TPSA) is 77.1 Å². The molecule has 0 fully saturated rings. The summed E-state index contributed by atoms with van der Waals surface area (Å²) in [6, 6.07) is 12.5. The molecule has 30 heavy (non-hydrogen) atoms. The number of nitrogens with zero attached hydrogens (tertiary/aromatic N) is 2. The SMILES string of the molecule is O=C(Nc1ccccc1-c1cn2c(n1)SCC2)c1cc2cc(Br)cc(Br)c2oc1=O. The largest absolute Gasteiger partial charge is 0.421 e. The summed E-state index contributed by atoms with van der Waals surface area (Å²) in [6.07, 6.45) is 1.99. The highest BCUT2D eigenvalue weighted by molar-refractivity contribution is 9.11. The Morgan fingerprint density at radius 1 is 1.20 bits per heavy atom. The lowest BCUT2D eigenvalue weighted by atomic mass is 10.1. The van der Waals surface area contributed by atoms with Gasteiger partial charge in [-0.25, -0.2) is 9.78 Å². The molecule has 0 aliphatic carbocycles. The zero-order chi connectivity index (χ0) is 20.8. The standard InChI is InChI=1S/C21H13Br2N3O3S/c22-12-7-11-8-14(20(28)29-18(11)15(23)9-12)19(27)24-16-4-2-1-3-13(16)17-10-26-5-6-30-21(26)25-17/h1-4,7-10H,5-6H2,(H,24,27). The summed E-state index contributed by atoms with van der Waals surface area (Å²) < 4.78 is 8.93. The third-order valence-electron chi connectivity index (χ3n) is 4.75. The Hall–Kier alpha value is -2.36. The molecule has 1 N–H and O–H groups in total. The molecule has 0 radical (unpaired) electrons. The van der Waals surface area contributed by atoms with Gasteiger partial charge < -0.3 is 14.3 Å². The number of thioether (sulfide) groups is 1. The first kappa shape index (κ1) is 19.6. The zero-order valence-electron chi connectivity index (χ0n) is 15.3. The number of hydrogen-bond acceptors (Lipinski definition) is 5. The van der Waals surface area contributed by atoms with E-state index in [9.17, 15) is 9.59 Å². The Morgan fingerprint density at radius 3 is 2.87 bits per heavy atom. The lowest BCUT2D eigenvalue weighted by molar-refractivity contribution is 0.102. The fourth-order valence-electron chi connectivity index (χ4n) is 3.36. The molecule has 0 spiro atoms. The van der Waals surface area contributed by atoms with E-state index in [1.165, 1.54) is 6.07 Å². The van der Waals surface area contributed by atoms with Crippen molar-refractivity contribution in [3.05, 3.63) is 73.6 Å². The number of aryl methyl sites for hydroxylation is 1. The Kier molecular flexibility index (Phi) is 5.04. The van der Waals surface area contributed by atoms with Crippen LogP contribution in [0.2, 0.25) is 0 Å². The number of carbonyl (C=O) groups excluding carboxylic acids is 1. The van der Waals surface area contributed by atoms with E-state index in [4.69, 9.17) is 4.42 Å². The highest BCUT2D eigenvalue weighted by atomic mass is 79.9. The van der Waals surface area contributed by atoms with Crippen LogP contribution in [0.25, 0.3) is 22.2 Å². The van der Waals surface area contributed by atoms with Gasteiger partial charge >= 0.3 is 5.63 Å². The average Bonchev–Trinajstić information content (AvgIpc) is 3.31. The molecule has 6 nitrogen and oxygen atoms in total. The van der Waals surface area contributed by atoms with Crippen molar-refractivity contribution in [2.24, 2.45) is 0 Å². The number of carbonyl (C=O) groups is 1. The lowest BCUT2D eigenvalue weighted by Gasteiger charge is -2.10. The van der Waals surface area contributed by atoms with Crippen LogP contribution in [0.4, 0.5) is 5.69 Å². The summed E-state index contributed by atoms with van der Waals surface area (Å²) in [5.74, 6) is 0.487. The third-order valence-corrected chi connectivity index (χ3v) is 6.77. The number of fused-ring (bicyclic) bond motifs is 2. The lowest BCUT2D eigenvalue weighted by Crippen LogP contribution is -2.21. The Labute approximate surface area is 191 Å². The van der Waals surface area contributed by atoms with Crippen molar-refractivity contribution in [2.75, 3.05) is 11.1 Å². The summed E-state index contributed by atoms with van der Waals surface area (Å²) in [5.41, 5.74) is 1.79.